The van der Waals surface area contributed by atoms with Gasteiger partial charge in [-0.1, -0.05) is 109 Å². The molecule has 0 aliphatic heterocycles. The molecular formula is C48H56N2O12. The average Bonchev–Trinajstić information content (AvgIpc) is 3.23. The van der Waals surface area contributed by atoms with Crippen molar-refractivity contribution in [2.45, 2.75) is 84.9 Å². The molecule has 0 radical (unpaired) electrons. The minimum Gasteiger partial charge on any atom is -0.463 e. The van der Waals surface area contributed by atoms with Crippen molar-refractivity contribution in [3.63, 3.8) is 0 Å². The molecule has 14 nitrogen and oxygen atoms in total. The molecule has 0 aliphatic rings. The van der Waals surface area contributed by atoms with Crippen molar-refractivity contribution in [1.29, 1.82) is 0 Å². The summed E-state index contributed by atoms with van der Waals surface area (Å²) in [6.45, 7) is 8.34. The molecule has 1 unspecified atom stereocenters. The Morgan fingerprint density at radius 2 is 0.806 bits per heavy atom. The number of ether oxygens (including phenoxy) is 5. The van der Waals surface area contributed by atoms with Crippen molar-refractivity contribution in [3.8, 4) is 22.3 Å². The molecule has 0 saturated heterocycles. The van der Waals surface area contributed by atoms with Gasteiger partial charge in [-0.15, -0.1) is 0 Å². The summed E-state index contributed by atoms with van der Waals surface area (Å²) >= 11 is 0. The number of esters is 5. The molecule has 0 fully saturated rings. The van der Waals surface area contributed by atoms with Crippen molar-refractivity contribution >= 4 is 41.7 Å². The number of hydrogen-bond donors (Lipinski definition) is 2. The number of carbonyl (C=O) groups excluding carboxylic acids is 7. The van der Waals surface area contributed by atoms with Gasteiger partial charge < -0.3 is 34.3 Å². The summed E-state index contributed by atoms with van der Waals surface area (Å²) in [5, 5.41) is 5.55. The molecule has 0 heterocycles. The monoisotopic (exact) mass is 852 g/mol. The zero-order valence-corrected chi connectivity index (χ0v) is 36.3. The van der Waals surface area contributed by atoms with Gasteiger partial charge in [-0.25, -0.2) is 0 Å². The fourth-order valence-corrected chi connectivity index (χ4v) is 6.49. The molecule has 14 heteroatoms. The van der Waals surface area contributed by atoms with E-state index in [4.69, 9.17) is 23.7 Å². The van der Waals surface area contributed by atoms with Crippen LogP contribution in [0.5, 0.6) is 0 Å². The third-order valence-electron chi connectivity index (χ3n) is 9.32. The maximum absolute atomic E-state index is 12.0. The van der Waals surface area contributed by atoms with E-state index in [-0.39, 0.29) is 38.8 Å². The maximum Gasteiger partial charge on any atom is 0.303 e. The first-order chi connectivity index (χ1) is 29.4. The van der Waals surface area contributed by atoms with E-state index in [1.165, 1.54) is 48.5 Å². The van der Waals surface area contributed by atoms with E-state index in [0.29, 0.717) is 18.4 Å². The molecule has 1 atom stereocenters. The van der Waals surface area contributed by atoms with Crippen molar-refractivity contribution in [1.82, 2.24) is 10.6 Å². The number of rotatable bonds is 19. The lowest BCUT2D eigenvalue weighted by Gasteiger charge is -2.36. The summed E-state index contributed by atoms with van der Waals surface area (Å²) in [6.07, 6.45) is 0.262. The van der Waals surface area contributed by atoms with Gasteiger partial charge in [0, 0.05) is 54.9 Å². The van der Waals surface area contributed by atoms with Crippen molar-refractivity contribution < 1.29 is 57.2 Å². The molecule has 0 aliphatic carbocycles. The van der Waals surface area contributed by atoms with E-state index in [1.807, 2.05) is 97.1 Å². The quantitative estimate of drug-likeness (QED) is 0.0757. The van der Waals surface area contributed by atoms with Crippen molar-refractivity contribution in [2.75, 3.05) is 26.4 Å². The van der Waals surface area contributed by atoms with Gasteiger partial charge in [0.2, 0.25) is 11.8 Å². The Kier molecular flexibility index (Phi) is 19.5. The highest BCUT2D eigenvalue weighted by molar-refractivity contribution is 5.75. The van der Waals surface area contributed by atoms with Gasteiger partial charge in [0.1, 0.15) is 43.6 Å². The van der Waals surface area contributed by atoms with Crippen LogP contribution in [0.2, 0.25) is 0 Å². The second-order valence-electron chi connectivity index (χ2n) is 14.9. The van der Waals surface area contributed by atoms with Crippen LogP contribution in [0.15, 0.2) is 109 Å². The first-order valence-corrected chi connectivity index (χ1v) is 20.0. The molecule has 0 spiro atoms. The Bertz CT molecular complexity index is 2070. The largest absolute Gasteiger partial charge is 0.463 e. The second-order valence-corrected chi connectivity index (χ2v) is 14.9. The van der Waals surface area contributed by atoms with E-state index in [9.17, 15) is 33.6 Å². The molecule has 2 amide bonds. The lowest BCUT2D eigenvalue weighted by atomic mass is 9.89. The highest BCUT2D eigenvalue weighted by Crippen LogP contribution is 2.31. The van der Waals surface area contributed by atoms with Crippen LogP contribution in [0, 0.1) is 0 Å². The molecule has 4 aromatic carbocycles. The summed E-state index contributed by atoms with van der Waals surface area (Å²) < 4.78 is 26.2. The topological polar surface area (TPSA) is 190 Å². The van der Waals surface area contributed by atoms with Gasteiger partial charge in [0.05, 0.1) is 0 Å². The Morgan fingerprint density at radius 3 is 1.18 bits per heavy atom. The number of amides is 2. The van der Waals surface area contributed by atoms with Gasteiger partial charge in [0.25, 0.3) is 0 Å². The maximum atomic E-state index is 12.0. The smallest absolute Gasteiger partial charge is 0.303 e. The van der Waals surface area contributed by atoms with Gasteiger partial charge in [0.15, 0.2) is 0 Å². The van der Waals surface area contributed by atoms with Crippen LogP contribution in [0.4, 0.5) is 0 Å². The zero-order valence-electron chi connectivity index (χ0n) is 36.3. The number of nitrogens with one attached hydrogen (secondary N) is 2. The molecule has 2 N–H and O–H groups in total. The highest BCUT2D eigenvalue weighted by Gasteiger charge is 2.39. The number of aryl methyl sites for hydroxylation is 1. The first kappa shape index (κ1) is 49.5. The molecule has 62 heavy (non-hydrogen) atoms. The van der Waals surface area contributed by atoms with Crippen LogP contribution in [0.25, 0.3) is 22.3 Å². The Hall–Kier alpha value is -6.83. The third kappa shape index (κ3) is 17.8. The predicted molar refractivity (Wildman–Crippen MR) is 231 cm³/mol. The number of benzene rings is 4. The van der Waals surface area contributed by atoms with E-state index in [1.54, 1.807) is 0 Å². The first-order valence-electron chi connectivity index (χ1n) is 20.0. The molecule has 0 aromatic heterocycles. The van der Waals surface area contributed by atoms with Crippen molar-refractivity contribution in [3.05, 3.63) is 120 Å². The lowest BCUT2D eigenvalue weighted by molar-refractivity contribution is -0.156. The lowest BCUT2D eigenvalue weighted by Crippen LogP contribution is -2.56. The fraction of sp³-hybridized carbons (Fsp3) is 0.354. The molecular weight excluding hydrogens is 797 g/mol. The van der Waals surface area contributed by atoms with Crippen LogP contribution in [0.1, 0.15) is 78.5 Å². The van der Waals surface area contributed by atoms with E-state index < -0.39 is 52.9 Å². The van der Waals surface area contributed by atoms with Gasteiger partial charge >= 0.3 is 29.8 Å². The van der Waals surface area contributed by atoms with Gasteiger partial charge in [-0.3, -0.25) is 33.6 Å². The Balaban J connectivity index is 0.000000333. The highest BCUT2D eigenvalue weighted by atomic mass is 16.6. The van der Waals surface area contributed by atoms with Gasteiger partial charge in [-0.2, -0.15) is 0 Å². The number of carbonyl (C=O) groups is 7. The van der Waals surface area contributed by atoms with Crippen LogP contribution >= 0.6 is 0 Å². The van der Waals surface area contributed by atoms with E-state index in [0.717, 1.165) is 27.8 Å². The van der Waals surface area contributed by atoms with Crippen molar-refractivity contribution in [2.24, 2.45) is 0 Å². The Labute approximate surface area is 362 Å². The SMILES string of the molecule is CC(=O)NC(CCc1ccc(-c2ccccc2)cc1)(COC(C)=O)COC(C)=O.CC(=O)NC(COC(C)=O)(COC(C)=O)CC(OC(C)=O)c1ccc(-c2ccccc2)cc1. The summed E-state index contributed by atoms with van der Waals surface area (Å²) in [6, 6.07) is 35.5. The number of hydrogen-bond acceptors (Lipinski definition) is 12. The molecule has 330 valence electrons. The summed E-state index contributed by atoms with van der Waals surface area (Å²) in [5.74, 6) is -3.29. The summed E-state index contributed by atoms with van der Waals surface area (Å²) in [5.41, 5.74) is 3.70. The summed E-state index contributed by atoms with van der Waals surface area (Å²) in [4.78, 5) is 81.3. The van der Waals surface area contributed by atoms with E-state index >= 15 is 0 Å². The standard InChI is InChI=1S/C25H29NO7.C23H27NO5/c1-17(27)26-25(15-31-18(2)28,16-32-19(3)29)14-24(33-20(4)30)23-12-10-22(11-13-23)21-8-6-5-7-9-21;1-17(25)24-23(15-28-18(2)26,16-29-19(3)27)14-13-20-9-11-22(12-10-20)21-7-5-4-6-8-21/h5-13,24H,14-16H2,1-4H3,(H,26,27);4-12H,13-16H2,1-3H3,(H,24,25). The normalized spacial score (nSPS) is 11.3. The van der Waals surface area contributed by atoms with Crippen LogP contribution in [0.3, 0.4) is 0 Å². The van der Waals surface area contributed by atoms with E-state index in [2.05, 4.69) is 22.8 Å². The minimum absolute atomic E-state index is 0.0113. The zero-order chi connectivity index (χ0) is 45.7. The average molecular weight is 853 g/mol. The molecule has 4 rings (SSSR count). The molecule has 0 bridgehead atoms. The summed E-state index contributed by atoms with van der Waals surface area (Å²) in [7, 11) is 0. The fourth-order valence-electron chi connectivity index (χ4n) is 6.49. The molecule has 4 aromatic rings. The third-order valence-corrected chi connectivity index (χ3v) is 9.32. The Morgan fingerprint density at radius 1 is 0.452 bits per heavy atom. The van der Waals surface area contributed by atoms with Crippen LogP contribution in [-0.2, 0) is 63.7 Å². The van der Waals surface area contributed by atoms with Gasteiger partial charge in [-0.05, 0) is 46.2 Å². The van der Waals surface area contributed by atoms with Crippen LogP contribution in [-0.4, -0.2) is 79.2 Å². The molecule has 0 saturated carbocycles. The van der Waals surface area contributed by atoms with Crippen LogP contribution < -0.4 is 10.6 Å². The second kappa shape index (κ2) is 24.4. The minimum atomic E-state index is -1.30. The predicted octanol–water partition coefficient (Wildman–Crippen LogP) is 6.64.